The number of hydrogen-bond acceptors (Lipinski definition) is 5. The van der Waals surface area contributed by atoms with Gasteiger partial charge >= 0.3 is 12.1 Å². The Balaban J connectivity index is 1.92. The number of carbonyl (C=O) groups is 1. The summed E-state index contributed by atoms with van der Waals surface area (Å²) >= 11 is 0. The fraction of sp³-hybridized carbons (Fsp3) is 0.375. The summed E-state index contributed by atoms with van der Waals surface area (Å²) in [5.74, 6) is 0.522. The van der Waals surface area contributed by atoms with E-state index in [1.165, 1.54) is 18.0 Å². The molecule has 3 rings (SSSR count). The molecule has 33 heavy (non-hydrogen) atoms. The molecule has 3 aromatic rings. The molecule has 176 valence electrons. The molecule has 0 amide bonds. The first-order chi connectivity index (χ1) is 15.5. The van der Waals surface area contributed by atoms with Crippen LogP contribution in [0.15, 0.2) is 42.9 Å². The SMILES string of the molecule is COC(=O)c1ccc(NC(CC(C)C)c2cc(C)c(-n3cc(C(F)(F)F)cn3)c(C)c2)nc1. The van der Waals surface area contributed by atoms with Crippen molar-refractivity contribution in [3.8, 4) is 5.69 Å². The van der Waals surface area contributed by atoms with Crippen LogP contribution in [0.2, 0.25) is 0 Å². The summed E-state index contributed by atoms with van der Waals surface area (Å²) < 4.78 is 45.0. The predicted octanol–water partition coefficient (Wildman–Crippen LogP) is 5.89. The third kappa shape index (κ3) is 5.71. The molecule has 0 aliphatic heterocycles. The summed E-state index contributed by atoms with van der Waals surface area (Å²) in [5.41, 5.74) is 2.81. The molecule has 6 nitrogen and oxygen atoms in total. The van der Waals surface area contributed by atoms with Gasteiger partial charge in [-0.1, -0.05) is 26.0 Å². The average Bonchev–Trinajstić information content (AvgIpc) is 3.22. The number of anilines is 1. The van der Waals surface area contributed by atoms with Gasteiger partial charge in [-0.2, -0.15) is 18.3 Å². The van der Waals surface area contributed by atoms with Crippen molar-refractivity contribution in [3.63, 3.8) is 0 Å². The van der Waals surface area contributed by atoms with Gasteiger partial charge in [0, 0.05) is 12.4 Å². The second-order valence-electron chi connectivity index (χ2n) is 8.42. The van der Waals surface area contributed by atoms with Crippen LogP contribution in [0.3, 0.4) is 0 Å². The fourth-order valence-corrected chi connectivity index (χ4v) is 3.79. The molecule has 9 heteroatoms. The van der Waals surface area contributed by atoms with Crippen LogP contribution in [0.1, 0.15) is 58.9 Å². The lowest BCUT2D eigenvalue weighted by molar-refractivity contribution is -0.137. The molecule has 1 aromatic carbocycles. The molecule has 0 fully saturated rings. The number of halogens is 3. The van der Waals surface area contributed by atoms with E-state index in [0.29, 0.717) is 23.0 Å². The van der Waals surface area contributed by atoms with Crippen molar-refractivity contribution in [2.24, 2.45) is 5.92 Å². The van der Waals surface area contributed by atoms with Gasteiger partial charge in [-0.15, -0.1) is 0 Å². The molecule has 2 heterocycles. The molecule has 0 saturated heterocycles. The minimum absolute atomic E-state index is 0.0868. The lowest BCUT2D eigenvalue weighted by Gasteiger charge is -2.24. The van der Waals surface area contributed by atoms with E-state index in [0.717, 1.165) is 35.5 Å². The van der Waals surface area contributed by atoms with Gasteiger partial charge in [0.25, 0.3) is 0 Å². The number of benzene rings is 1. The maximum atomic E-state index is 13.0. The van der Waals surface area contributed by atoms with E-state index in [1.807, 2.05) is 26.0 Å². The van der Waals surface area contributed by atoms with E-state index in [-0.39, 0.29) is 6.04 Å². The van der Waals surface area contributed by atoms with Crippen LogP contribution in [0.25, 0.3) is 5.69 Å². The van der Waals surface area contributed by atoms with Gasteiger partial charge in [-0.05, 0) is 55.0 Å². The zero-order chi connectivity index (χ0) is 24.3. The van der Waals surface area contributed by atoms with Crippen molar-refractivity contribution in [1.82, 2.24) is 14.8 Å². The van der Waals surface area contributed by atoms with Crippen molar-refractivity contribution in [1.29, 1.82) is 0 Å². The number of carbonyl (C=O) groups excluding carboxylic acids is 1. The second kappa shape index (κ2) is 9.64. The normalized spacial score (nSPS) is 12.6. The first-order valence-corrected chi connectivity index (χ1v) is 10.5. The Kier molecular flexibility index (Phi) is 7.09. The fourth-order valence-electron chi connectivity index (χ4n) is 3.79. The Morgan fingerprint density at radius 2 is 1.82 bits per heavy atom. The molecule has 0 bridgehead atoms. The van der Waals surface area contributed by atoms with Crippen molar-refractivity contribution in [2.45, 2.75) is 46.3 Å². The third-order valence-corrected chi connectivity index (χ3v) is 5.27. The van der Waals surface area contributed by atoms with Gasteiger partial charge in [0.1, 0.15) is 5.82 Å². The molecule has 0 radical (unpaired) electrons. The van der Waals surface area contributed by atoms with Gasteiger partial charge in [0.05, 0.1) is 36.2 Å². The summed E-state index contributed by atoms with van der Waals surface area (Å²) in [6.07, 6.45) is -0.345. The van der Waals surface area contributed by atoms with Gasteiger partial charge in [0.2, 0.25) is 0 Å². The molecular weight excluding hydrogens is 433 g/mol. The van der Waals surface area contributed by atoms with Crippen molar-refractivity contribution in [2.75, 3.05) is 12.4 Å². The van der Waals surface area contributed by atoms with Crippen molar-refractivity contribution >= 4 is 11.8 Å². The summed E-state index contributed by atoms with van der Waals surface area (Å²) in [7, 11) is 1.31. The number of aromatic nitrogens is 3. The van der Waals surface area contributed by atoms with E-state index in [2.05, 4.69) is 29.2 Å². The molecular formula is C24H27F3N4O2. The van der Waals surface area contributed by atoms with Crippen LogP contribution in [-0.2, 0) is 10.9 Å². The number of nitrogens with one attached hydrogen (secondary N) is 1. The van der Waals surface area contributed by atoms with Crippen LogP contribution >= 0.6 is 0 Å². The lowest BCUT2D eigenvalue weighted by Crippen LogP contribution is -2.16. The van der Waals surface area contributed by atoms with Gasteiger partial charge in [-0.25, -0.2) is 14.5 Å². The Hall–Kier alpha value is -3.36. The number of pyridine rings is 1. The number of hydrogen-bond donors (Lipinski definition) is 1. The van der Waals surface area contributed by atoms with Crippen LogP contribution in [0.4, 0.5) is 19.0 Å². The van der Waals surface area contributed by atoms with Crippen molar-refractivity contribution in [3.05, 3.63) is 70.7 Å². The Labute approximate surface area is 190 Å². The number of esters is 1. The first-order valence-electron chi connectivity index (χ1n) is 10.5. The Morgan fingerprint density at radius 3 is 2.30 bits per heavy atom. The van der Waals surface area contributed by atoms with E-state index in [4.69, 9.17) is 4.74 Å². The topological polar surface area (TPSA) is 69.0 Å². The smallest absolute Gasteiger partial charge is 0.419 e. The van der Waals surface area contributed by atoms with E-state index < -0.39 is 17.7 Å². The van der Waals surface area contributed by atoms with E-state index in [1.54, 1.807) is 12.1 Å². The second-order valence-corrected chi connectivity index (χ2v) is 8.42. The quantitative estimate of drug-likeness (QED) is 0.446. The number of aryl methyl sites for hydroxylation is 2. The number of alkyl halides is 3. The Bertz CT molecular complexity index is 1100. The predicted molar refractivity (Wildman–Crippen MR) is 119 cm³/mol. The highest BCUT2D eigenvalue weighted by atomic mass is 19.4. The first kappa shape index (κ1) is 24.3. The summed E-state index contributed by atoms with van der Waals surface area (Å²) in [6.45, 7) is 7.94. The minimum Gasteiger partial charge on any atom is -0.465 e. The highest BCUT2D eigenvalue weighted by molar-refractivity contribution is 5.89. The van der Waals surface area contributed by atoms with Crippen LogP contribution < -0.4 is 5.32 Å². The molecule has 1 atom stereocenters. The van der Waals surface area contributed by atoms with E-state index in [9.17, 15) is 18.0 Å². The molecule has 0 aliphatic carbocycles. The Morgan fingerprint density at radius 1 is 1.15 bits per heavy atom. The molecule has 1 N–H and O–H groups in total. The minimum atomic E-state index is -4.44. The summed E-state index contributed by atoms with van der Waals surface area (Å²) in [5, 5.41) is 7.34. The maximum Gasteiger partial charge on any atom is 0.419 e. The number of ether oxygens (including phenoxy) is 1. The third-order valence-electron chi connectivity index (χ3n) is 5.27. The molecule has 1 unspecified atom stereocenters. The zero-order valence-corrected chi connectivity index (χ0v) is 19.2. The maximum absolute atomic E-state index is 13.0. The van der Waals surface area contributed by atoms with Gasteiger partial charge in [0.15, 0.2) is 0 Å². The highest BCUT2D eigenvalue weighted by Crippen LogP contribution is 2.32. The summed E-state index contributed by atoms with van der Waals surface area (Å²) in [4.78, 5) is 16.0. The number of rotatable bonds is 7. The van der Waals surface area contributed by atoms with Crippen LogP contribution in [0.5, 0.6) is 0 Å². The zero-order valence-electron chi connectivity index (χ0n) is 19.2. The van der Waals surface area contributed by atoms with Crippen molar-refractivity contribution < 1.29 is 22.7 Å². The van der Waals surface area contributed by atoms with Crippen LogP contribution in [0, 0.1) is 19.8 Å². The molecule has 0 saturated carbocycles. The highest BCUT2D eigenvalue weighted by Gasteiger charge is 2.32. The monoisotopic (exact) mass is 460 g/mol. The largest absolute Gasteiger partial charge is 0.465 e. The number of nitrogens with zero attached hydrogens (tertiary/aromatic N) is 3. The van der Waals surface area contributed by atoms with E-state index >= 15 is 0 Å². The molecule has 0 spiro atoms. The standard InChI is InChI=1S/C24H27F3N4O2/c1-14(2)8-20(30-21-7-6-17(11-28-21)23(32)33-5)18-9-15(3)22(16(4)10-18)31-13-19(12-29-31)24(25,26)27/h6-7,9-14,20H,8H2,1-5H3,(H,28,30). The average molecular weight is 461 g/mol. The number of methoxy groups -OCH3 is 1. The van der Waals surface area contributed by atoms with Crippen LogP contribution in [-0.4, -0.2) is 27.8 Å². The van der Waals surface area contributed by atoms with Gasteiger partial charge in [-0.3, -0.25) is 0 Å². The summed E-state index contributed by atoms with van der Waals surface area (Å²) in [6, 6.07) is 7.19. The molecule has 0 aliphatic rings. The van der Waals surface area contributed by atoms with Gasteiger partial charge < -0.3 is 10.1 Å². The molecule has 2 aromatic heterocycles. The lowest BCUT2D eigenvalue weighted by atomic mass is 9.93.